The highest BCUT2D eigenvalue weighted by molar-refractivity contribution is 6.30. The molecule has 0 saturated heterocycles. The van der Waals surface area contributed by atoms with E-state index < -0.39 is 0 Å². The zero-order chi connectivity index (χ0) is 21.7. The summed E-state index contributed by atoms with van der Waals surface area (Å²) >= 11 is 5.90. The molecule has 1 N–H and O–H groups in total. The van der Waals surface area contributed by atoms with E-state index in [-0.39, 0.29) is 24.8 Å². The standard InChI is InChI=1S/C23H24ClN3O3/c1-15-5-4-6-19(16(15)2)26-21(28)14-27(3)23(29)12-11-22-25-13-20(30-22)17-7-9-18(24)10-8-17/h4-10,13H,11-12,14H2,1-3H3,(H,26,28). The fraction of sp³-hybridized carbons (Fsp3) is 0.261. The number of aryl methyl sites for hydroxylation is 2. The van der Waals surface area contributed by atoms with Crippen LogP contribution in [-0.4, -0.2) is 35.3 Å². The molecule has 1 heterocycles. The van der Waals surface area contributed by atoms with Gasteiger partial charge in [-0.05, 0) is 55.3 Å². The van der Waals surface area contributed by atoms with E-state index in [0.29, 0.717) is 23.1 Å². The number of aromatic nitrogens is 1. The van der Waals surface area contributed by atoms with Crippen LogP contribution in [0.5, 0.6) is 0 Å². The summed E-state index contributed by atoms with van der Waals surface area (Å²) in [7, 11) is 1.61. The molecule has 0 saturated carbocycles. The van der Waals surface area contributed by atoms with Crippen molar-refractivity contribution in [3.05, 3.63) is 70.7 Å². The van der Waals surface area contributed by atoms with Crippen LogP contribution in [-0.2, 0) is 16.0 Å². The number of amides is 2. The highest BCUT2D eigenvalue weighted by atomic mass is 35.5. The molecular weight excluding hydrogens is 402 g/mol. The van der Waals surface area contributed by atoms with Crippen molar-refractivity contribution in [2.45, 2.75) is 26.7 Å². The molecule has 6 nitrogen and oxygen atoms in total. The number of nitrogens with one attached hydrogen (secondary N) is 1. The number of rotatable bonds is 7. The Bertz CT molecular complexity index is 1040. The molecule has 0 atom stereocenters. The van der Waals surface area contributed by atoms with Crippen molar-refractivity contribution in [1.82, 2.24) is 9.88 Å². The largest absolute Gasteiger partial charge is 0.441 e. The maximum Gasteiger partial charge on any atom is 0.243 e. The second-order valence-electron chi connectivity index (χ2n) is 7.17. The van der Waals surface area contributed by atoms with Crippen LogP contribution < -0.4 is 5.32 Å². The Kier molecular flexibility index (Phi) is 6.90. The van der Waals surface area contributed by atoms with Crippen molar-refractivity contribution in [2.24, 2.45) is 0 Å². The number of nitrogens with zero attached hydrogens (tertiary/aromatic N) is 2. The Morgan fingerprint density at radius 3 is 2.60 bits per heavy atom. The summed E-state index contributed by atoms with van der Waals surface area (Å²) in [6.07, 6.45) is 2.19. The molecule has 0 aliphatic rings. The fourth-order valence-corrected chi connectivity index (χ4v) is 3.08. The van der Waals surface area contributed by atoms with E-state index in [1.807, 2.05) is 44.2 Å². The molecule has 0 fully saturated rings. The lowest BCUT2D eigenvalue weighted by Crippen LogP contribution is -2.35. The van der Waals surface area contributed by atoms with Crippen LogP contribution in [0, 0.1) is 13.8 Å². The summed E-state index contributed by atoms with van der Waals surface area (Å²) in [6.45, 7) is 3.92. The summed E-state index contributed by atoms with van der Waals surface area (Å²) in [5.74, 6) is 0.704. The number of benzene rings is 2. The molecule has 0 unspecified atom stereocenters. The molecule has 30 heavy (non-hydrogen) atoms. The topological polar surface area (TPSA) is 75.4 Å². The van der Waals surface area contributed by atoms with Gasteiger partial charge >= 0.3 is 0 Å². The first kappa shape index (κ1) is 21.6. The van der Waals surface area contributed by atoms with Crippen molar-refractivity contribution >= 4 is 29.1 Å². The summed E-state index contributed by atoms with van der Waals surface area (Å²) < 4.78 is 5.72. The van der Waals surface area contributed by atoms with Gasteiger partial charge in [0.25, 0.3) is 0 Å². The van der Waals surface area contributed by atoms with Crippen LogP contribution in [0.1, 0.15) is 23.4 Å². The monoisotopic (exact) mass is 425 g/mol. The molecule has 0 aliphatic heterocycles. The molecule has 0 aliphatic carbocycles. The van der Waals surface area contributed by atoms with Gasteiger partial charge in [-0.2, -0.15) is 0 Å². The van der Waals surface area contributed by atoms with Crippen LogP contribution >= 0.6 is 11.6 Å². The third kappa shape index (κ3) is 5.48. The number of hydrogen-bond acceptors (Lipinski definition) is 4. The highest BCUT2D eigenvalue weighted by Crippen LogP contribution is 2.23. The predicted octanol–water partition coefficient (Wildman–Crippen LogP) is 4.64. The van der Waals surface area contributed by atoms with Gasteiger partial charge in [-0.1, -0.05) is 23.7 Å². The first-order chi connectivity index (χ1) is 14.3. The minimum absolute atomic E-state index is 0.0200. The average molecular weight is 426 g/mol. The zero-order valence-electron chi connectivity index (χ0n) is 17.2. The molecule has 1 aromatic heterocycles. The normalized spacial score (nSPS) is 10.7. The molecule has 0 radical (unpaired) electrons. The van der Waals surface area contributed by atoms with E-state index in [1.54, 1.807) is 25.4 Å². The average Bonchev–Trinajstić information content (AvgIpc) is 3.19. The molecule has 156 valence electrons. The quantitative estimate of drug-likeness (QED) is 0.598. The summed E-state index contributed by atoms with van der Waals surface area (Å²) in [5, 5.41) is 3.51. The summed E-state index contributed by atoms with van der Waals surface area (Å²) in [6, 6.07) is 13.0. The van der Waals surface area contributed by atoms with E-state index in [1.165, 1.54) is 4.90 Å². The van der Waals surface area contributed by atoms with Crippen LogP contribution in [0.15, 0.2) is 53.1 Å². The molecule has 7 heteroatoms. The van der Waals surface area contributed by atoms with E-state index in [4.69, 9.17) is 16.0 Å². The van der Waals surface area contributed by atoms with E-state index in [0.717, 1.165) is 22.4 Å². The number of oxazole rings is 1. The Balaban J connectivity index is 1.50. The molecule has 2 aromatic carbocycles. The third-order valence-electron chi connectivity index (χ3n) is 4.92. The second kappa shape index (κ2) is 9.59. The van der Waals surface area contributed by atoms with Crippen molar-refractivity contribution < 1.29 is 14.0 Å². The summed E-state index contributed by atoms with van der Waals surface area (Å²) in [4.78, 5) is 30.3. The minimum atomic E-state index is -0.235. The lowest BCUT2D eigenvalue weighted by Gasteiger charge is -2.17. The molecule has 3 aromatic rings. The first-order valence-electron chi connectivity index (χ1n) is 9.64. The van der Waals surface area contributed by atoms with Gasteiger partial charge in [-0.3, -0.25) is 9.59 Å². The number of likely N-dealkylation sites (N-methyl/N-ethyl adjacent to an activating group) is 1. The molecule has 0 bridgehead atoms. The van der Waals surface area contributed by atoms with Crippen molar-refractivity contribution in [1.29, 1.82) is 0 Å². The Morgan fingerprint density at radius 1 is 1.13 bits per heavy atom. The molecule has 3 rings (SSSR count). The van der Waals surface area contributed by atoms with Gasteiger partial charge in [-0.15, -0.1) is 0 Å². The fourth-order valence-electron chi connectivity index (χ4n) is 2.96. The molecule has 0 spiro atoms. The SMILES string of the molecule is Cc1cccc(NC(=O)CN(C)C(=O)CCc2ncc(-c3ccc(Cl)cc3)o2)c1C. The van der Waals surface area contributed by atoms with E-state index in [2.05, 4.69) is 10.3 Å². The van der Waals surface area contributed by atoms with E-state index >= 15 is 0 Å². The highest BCUT2D eigenvalue weighted by Gasteiger charge is 2.15. The van der Waals surface area contributed by atoms with Gasteiger partial charge in [0.2, 0.25) is 11.8 Å². The maximum absolute atomic E-state index is 12.4. The smallest absolute Gasteiger partial charge is 0.243 e. The molecule has 2 amide bonds. The Morgan fingerprint density at radius 2 is 1.87 bits per heavy atom. The zero-order valence-corrected chi connectivity index (χ0v) is 18.0. The van der Waals surface area contributed by atoms with Gasteiger partial charge in [0.05, 0.1) is 12.7 Å². The first-order valence-corrected chi connectivity index (χ1v) is 10.0. The van der Waals surface area contributed by atoms with Crippen LogP contribution in [0.25, 0.3) is 11.3 Å². The van der Waals surface area contributed by atoms with Crippen LogP contribution in [0.2, 0.25) is 5.02 Å². The van der Waals surface area contributed by atoms with Gasteiger partial charge in [0.1, 0.15) is 0 Å². The lowest BCUT2D eigenvalue weighted by atomic mass is 10.1. The van der Waals surface area contributed by atoms with E-state index in [9.17, 15) is 9.59 Å². The van der Waals surface area contributed by atoms with Crippen molar-refractivity contribution in [3.63, 3.8) is 0 Å². The number of hydrogen-bond donors (Lipinski definition) is 1. The minimum Gasteiger partial charge on any atom is -0.441 e. The predicted molar refractivity (Wildman–Crippen MR) is 117 cm³/mol. The Hall–Kier alpha value is -3.12. The second-order valence-corrected chi connectivity index (χ2v) is 7.61. The number of carbonyl (C=O) groups is 2. The number of anilines is 1. The van der Waals surface area contributed by atoms with Gasteiger partial charge < -0.3 is 14.6 Å². The number of halogens is 1. The lowest BCUT2D eigenvalue weighted by molar-refractivity contribution is -0.133. The third-order valence-corrected chi connectivity index (χ3v) is 5.17. The van der Waals surface area contributed by atoms with Crippen molar-refractivity contribution in [3.8, 4) is 11.3 Å². The summed E-state index contributed by atoms with van der Waals surface area (Å²) in [5.41, 5.74) is 3.74. The number of carbonyl (C=O) groups excluding carboxylic acids is 2. The van der Waals surface area contributed by atoms with Crippen LogP contribution in [0.4, 0.5) is 5.69 Å². The van der Waals surface area contributed by atoms with Crippen molar-refractivity contribution in [2.75, 3.05) is 18.9 Å². The van der Waals surface area contributed by atoms with Crippen LogP contribution in [0.3, 0.4) is 0 Å². The Labute approximate surface area is 180 Å². The van der Waals surface area contributed by atoms with Gasteiger partial charge in [-0.25, -0.2) is 4.98 Å². The maximum atomic E-state index is 12.4. The van der Waals surface area contributed by atoms with Gasteiger partial charge in [0.15, 0.2) is 11.7 Å². The van der Waals surface area contributed by atoms with Gasteiger partial charge in [0, 0.05) is 36.2 Å². The molecular formula is C23H24ClN3O3.